The van der Waals surface area contributed by atoms with Crippen LogP contribution in [0, 0.1) is 0 Å². The minimum Gasteiger partial charge on any atom is -0.384 e. The molecule has 0 aliphatic rings. The monoisotopic (exact) mass is 317 g/mol. The van der Waals surface area contributed by atoms with Crippen LogP contribution >= 0.6 is 11.6 Å². The average Bonchev–Trinajstić information content (AvgIpc) is 2.54. The van der Waals surface area contributed by atoms with E-state index in [0.29, 0.717) is 10.6 Å². The minimum absolute atomic E-state index is 0.165. The van der Waals surface area contributed by atoms with Crippen molar-refractivity contribution in [3.8, 4) is 0 Å². The Hall–Kier alpha value is -2.53. The minimum atomic E-state index is -0.228. The molecule has 0 aliphatic heterocycles. The predicted molar refractivity (Wildman–Crippen MR) is 88.0 cm³/mol. The van der Waals surface area contributed by atoms with E-state index in [1.165, 1.54) is 4.90 Å². The number of benzene rings is 2. The number of carbonyl (C=O) groups excluding carboxylic acids is 1. The molecular weight excluding hydrogens is 302 g/mol. The molecule has 0 radical (unpaired) electrons. The summed E-state index contributed by atoms with van der Waals surface area (Å²) in [4.78, 5) is 18.5. The number of halogens is 1. The van der Waals surface area contributed by atoms with Crippen molar-refractivity contribution in [3.05, 3.63) is 65.2 Å². The second kappa shape index (κ2) is 7.47. The Morgan fingerprint density at radius 1 is 1.23 bits per heavy atom. The second-order valence-electron chi connectivity index (χ2n) is 4.55. The van der Waals surface area contributed by atoms with Gasteiger partial charge in [-0.05, 0) is 24.3 Å². The summed E-state index contributed by atoms with van der Waals surface area (Å²) in [6.45, 7) is -0.202. The second-order valence-corrected chi connectivity index (χ2v) is 4.99. The molecule has 0 aromatic heterocycles. The van der Waals surface area contributed by atoms with E-state index in [9.17, 15) is 4.79 Å². The van der Waals surface area contributed by atoms with Crippen LogP contribution in [0.1, 0.15) is 5.56 Å². The van der Waals surface area contributed by atoms with Crippen LogP contribution in [-0.4, -0.2) is 25.4 Å². The molecule has 0 unspecified atom stereocenters. The van der Waals surface area contributed by atoms with E-state index in [-0.39, 0.29) is 18.3 Å². The predicted octanol–water partition coefficient (Wildman–Crippen LogP) is 2.64. The summed E-state index contributed by atoms with van der Waals surface area (Å²) in [6.07, 6.45) is 0. The molecule has 0 heterocycles. The lowest BCUT2D eigenvalue weighted by molar-refractivity contribution is -0.122. The number of oxime groups is 1. The zero-order chi connectivity index (χ0) is 15.9. The standard InChI is InChI=1S/C16H16ClN3O2/c1-20(14-8-3-2-4-9-14)15(21)11-22-19-16(18)12-6-5-7-13(17)10-12/h2-10H,11H2,1H3,(H2,18,19). The number of amidine groups is 1. The van der Waals surface area contributed by atoms with Crippen molar-refractivity contribution in [1.82, 2.24) is 0 Å². The first-order chi connectivity index (χ1) is 10.6. The number of anilines is 1. The molecule has 0 aliphatic carbocycles. The number of nitrogens with zero attached hydrogens (tertiary/aromatic N) is 2. The highest BCUT2D eigenvalue weighted by Crippen LogP contribution is 2.12. The topological polar surface area (TPSA) is 67.9 Å². The molecule has 0 saturated heterocycles. The Kier molecular flexibility index (Phi) is 5.38. The number of hydrogen-bond acceptors (Lipinski definition) is 3. The summed E-state index contributed by atoms with van der Waals surface area (Å²) in [7, 11) is 1.67. The number of amides is 1. The maximum atomic E-state index is 12.0. The highest BCUT2D eigenvalue weighted by atomic mass is 35.5. The summed E-state index contributed by atoms with van der Waals surface area (Å²) in [6, 6.07) is 16.2. The van der Waals surface area contributed by atoms with Crippen LogP contribution in [0.15, 0.2) is 59.8 Å². The molecule has 2 aromatic carbocycles. The molecule has 0 saturated carbocycles. The Bertz CT molecular complexity index is 674. The number of rotatable bonds is 5. The van der Waals surface area contributed by atoms with Crippen molar-refractivity contribution in [2.75, 3.05) is 18.6 Å². The normalized spacial score (nSPS) is 11.1. The molecule has 0 fully saturated rings. The van der Waals surface area contributed by atoms with Gasteiger partial charge in [0.2, 0.25) is 0 Å². The van der Waals surface area contributed by atoms with Gasteiger partial charge in [0.15, 0.2) is 12.4 Å². The Labute approximate surface area is 133 Å². The fraction of sp³-hybridized carbons (Fsp3) is 0.125. The third-order valence-corrected chi connectivity index (χ3v) is 3.22. The molecule has 0 atom stereocenters. The van der Waals surface area contributed by atoms with Gasteiger partial charge in [-0.15, -0.1) is 0 Å². The van der Waals surface area contributed by atoms with Crippen LogP contribution in [0.2, 0.25) is 5.02 Å². The zero-order valence-electron chi connectivity index (χ0n) is 12.1. The van der Waals surface area contributed by atoms with E-state index in [2.05, 4.69) is 5.16 Å². The number of likely N-dealkylation sites (N-methyl/N-ethyl adjacent to an activating group) is 1. The summed E-state index contributed by atoms with van der Waals surface area (Å²) in [5, 5.41) is 4.29. The maximum Gasteiger partial charge on any atom is 0.267 e. The quantitative estimate of drug-likeness (QED) is 0.523. The van der Waals surface area contributed by atoms with Gasteiger partial charge in [-0.3, -0.25) is 4.79 Å². The molecule has 6 heteroatoms. The molecular formula is C16H16ClN3O2. The Morgan fingerprint density at radius 2 is 1.95 bits per heavy atom. The Morgan fingerprint density at radius 3 is 2.64 bits per heavy atom. The van der Waals surface area contributed by atoms with Crippen LogP contribution in [0.5, 0.6) is 0 Å². The van der Waals surface area contributed by atoms with E-state index in [1.54, 1.807) is 31.3 Å². The van der Waals surface area contributed by atoms with Crippen LogP contribution in [-0.2, 0) is 9.63 Å². The molecule has 2 N–H and O–H groups in total. The van der Waals surface area contributed by atoms with E-state index < -0.39 is 0 Å². The van der Waals surface area contributed by atoms with E-state index in [0.717, 1.165) is 5.69 Å². The lowest BCUT2D eigenvalue weighted by atomic mass is 10.2. The summed E-state index contributed by atoms with van der Waals surface area (Å²) in [5.41, 5.74) is 7.19. The van der Waals surface area contributed by atoms with Crippen molar-refractivity contribution < 1.29 is 9.63 Å². The van der Waals surface area contributed by atoms with Crippen LogP contribution < -0.4 is 10.6 Å². The Balaban J connectivity index is 1.92. The van der Waals surface area contributed by atoms with Crippen LogP contribution in [0.3, 0.4) is 0 Å². The van der Waals surface area contributed by atoms with E-state index in [4.69, 9.17) is 22.2 Å². The van der Waals surface area contributed by atoms with Crippen LogP contribution in [0.25, 0.3) is 0 Å². The molecule has 2 rings (SSSR count). The van der Waals surface area contributed by atoms with Gasteiger partial charge in [-0.25, -0.2) is 0 Å². The lowest BCUT2D eigenvalue weighted by Crippen LogP contribution is -2.29. The number of carbonyl (C=O) groups is 1. The van der Waals surface area contributed by atoms with Crippen molar-refractivity contribution in [2.45, 2.75) is 0 Å². The summed E-state index contributed by atoms with van der Waals surface area (Å²) < 4.78 is 0. The number of nitrogens with two attached hydrogens (primary N) is 1. The lowest BCUT2D eigenvalue weighted by Gasteiger charge is -2.16. The highest BCUT2D eigenvalue weighted by molar-refractivity contribution is 6.31. The molecule has 22 heavy (non-hydrogen) atoms. The maximum absolute atomic E-state index is 12.0. The van der Waals surface area contributed by atoms with Crippen molar-refractivity contribution in [3.63, 3.8) is 0 Å². The smallest absolute Gasteiger partial charge is 0.267 e. The largest absolute Gasteiger partial charge is 0.384 e. The molecule has 2 aromatic rings. The average molecular weight is 318 g/mol. The van der Waals surface area contributed by atoms with Crippen LogP contribution in [0.4, 0.5) is 5.69 Å². The van der Waals surface area contributed by atoms with Gasteiger partial charge in [-0.2, -0.15) is 0 Å². The van der Waals surface area contributed by atoms with Crippen molar-refractivity contribution in [2.24, 2.45) is 10.9 Å². The van der Waals surface area contributed by atoms with E-state index >= 15 is 0 Å². The third kappa shape index (κ3) is 4.23. The van der Waals surface area contributed by atoms with Gasteiger partial charge in [0, 0.05) is 23.3 Å². The summed E-state index contributed by atoms with van der Waals surface area (Å²) >= 11 is 5.87. The van der Waals surface area contributed by atoms with Crippen molar-refractivity contribution in [1.29, 1.82) is 0 Å². The van der Waals surface area contributed by atoms with Gasteiger partial charge >= 0.3 is 0 Å². The summed E-state index contributed by atoms with van der Waals surface area (Å²) in [5.74, 6) is -0.0634. The fourth-order valence-corrected chi connectivity index (χ4v) is 1.94. The van der Waals surface area contributed by atoms with Crippen molar-refractivity contribution >= 4 is 29.0 Å². The molecule has 0 bridgehead atoms. The SMILES string of the molecule is CN(C(=O)CO/N=C(/N)c1cccc(Cl)c1)c1ccccc1. The van der Waals surface area contributed by atoms with Gasteiger partial charge < -0.3 is 15.5 Å². The van der Waals surface area contributed by atoms with Gasteiger partial charge in [0.1, 0.15) is 0 Å². The fourth-order valence-electron chi connectivity index (χ4n) is 1.75. The zero-order valence-corrected chi connectivity index (χ0v) is 12.8. The van der Waals surface area contributed by atoms with Gasteiger partial charge in [0.05, 0.1) is 0 Å². The third-order valence-electron chi connectivity index (χ3n) is 2.99. The molecule has 114 valence electrons. The van der Waals surface area contributed by atoms with Gasteiger partial charge in [-0.1, -0.05) is 47.1 Å². The highest BCUT2D eigenvalue weighted by Gasteiger charge is 2.11. The van der Waals surface area contributed by atoms with E-state index in [1.807, 2.05) is 30.3 Å². The van der Waals surface area contributed by atoms with Gasteiger partial charge in [0.25, 0.3) is 5.91 Å². The molecule has 5 nitrogen and oxygen atoms in total. The first-order valence-corrected chi connectivity index (χ1v) is 6.98. The first-order valence-electron chi connectivity index (χ1n) is 6.61. The molecule has 0 spiro atoms. The molecule has 1 amide bonds. The first kappa shape index (κ1) is 15.9. The number of para-hydroxylation sites is 1. The number of hydrogen-bond donors (Lipinski definition) is 1.